The molecule has 13 heteroatoms. The van der Waals surface area contributed by atoms with Gasteiger partial charge in [0.15, 0.2) is 10.8 Å². The summed E-state index contributed by atoms with van der Waals surface area (Å²) < 4.78 is 7.17. The number of unbranched alkanes of at least 4 members (excludes halogenated alkanes) is 1. The van der Waals surface area contributed by atoms with E-state index in [4.69, 9.17) is 16.3 Å². The minimum Gasteiger partial charge on any atom is -0.422 e. The van der Waals surface area contributed by atoms with Crippen LogP contribution in [0.3, 0.4) is 0 Å². The van der Waals surface area contributed by atoms with Gasteiger partial charge < -0.3 is 14.1 Å². The van der Waals surface area contributed by atoms with Gasteiger partial charge in [0.1, 0.15) is 18.2 Å². The lowest BCUT2D eigenvalue weighted by Gasteiger charge is -2.13. The minimum atomic E-state index is -0.929. The zero-order valence-electron chi connectivity index (χ0n) is 22.8. The van der Waals surface area contributed by atoms with Crippen LogP contribution >= 0.6 is 11.6 Å². The maximum atomic E-state index is 13.3. The van der Waals surface area contributed by atoms with Crippen molar-refractivity contribution in [3.05, 3.63) is 118 Å². The Bertz CT molecular complexity index is 1610. The van der Waals surface area contributed by atoms with Crippen LogP contribution in [0, 0.1) is 10.1 Å². The van der Waals surface area contributed by atoms with Crippen LogP contribution in [-0.4, -0.2) is 47.8 Å². The number of esters is 1. The van der Waals surface area contributed by atoms with E-state index < -0.39 is 11.1 Å². The molecule has 4 aromatic rings. The van der Waals surface area contributed by atoms with E-state index in [1.165, 1.54) is 12.2 Å². The highest BCUT2D eigenvalue weighted by Gasteiger charge is 2.24. The molecule has 12 nitrogen and oxygen atoms in total. The fourth-order valence-electron chi connectivity index (χ4n) is 4.23. The number of benzene rings is 2. The van der Waals surface area contributed by atoms with E-state index in [-0.39, 0.29) is 23.2 Å². The van der Waals surface area contributed by atoms with E-state index in [1.807, 2.05) is 48.5 Å². The summed E-state index contributed by atoms with van der Waals surface area (Å²) in [6.07, 6.45) is 5.05. The van der Waals surface area contributed by atoms with Gasteiger partial charge in [-0.05, 0) is 40.0 Å². The molecule has 1 N–H and O–H groups in total. The summed E-state index contributed by atoms with van der Waals surface area (Å²) in [5.41, 5.74) is 4.01. The molecule has 2 heterocycles. The maximum absolute atomic E-state index is 13.3. The second kappa shape index (κ2) is 14.0. The lowest BCUT2D eigenvalue weighted by molar-refractivity contribution is -0.755. The number of hydrogen-bond acceptors (Lipinski definition) is 9. The number of aromatic nitrogens is 6. The van der Waals surface area contributed by atoms with E-state index in [9.17, 15) is 14.9 Å². The molecule has 0 radical (unpaired) electrons. The van der Waals surface area contributed by atoms with Gasteiger partial charge >= 0.3 is 5.97 Å². The number of nitrogens with one attached hydrogen (secondary N) is 1. The number of ether oxygens (including phenoxy) is 1. The Kier molecular flexibility index (Phi) is 9.95. The van der Waals surface area contributed by atoms with Crippen molar-refractivity contribution in [1.82, 2.24) is 30.2 Å². The fourth-order valence-corrected chi connectivity index (χ4v) is 4.50. The van der Waals surface area contributed by atoms with Crippen LogP contribution in [0.5, 0.6) is 0 Å². The van der Waals surface area contributed by atoms with E-state index >= 15 is 0 Å². The van der Waals surface area contributed by atoms with Crippen molar-refractivity contribution in [3.8, 4) is 22.5 Å². The molecule has 0 fully saturated rings. The Balaban J connectivity index is 1.59. The SMILES string of the molecule is C=CC(=CC(=C)OC(=O)c1c(Cl)nc(CCCC)n1Cc1ccc(-c2ccccc2-c2nn[nH]n2)cc1)CO[N+](=O)[O-]. The number of halogens is 1. The number of aryl methyl sites for hydroxylation is 1. The standard InChI is InChI=1S/C29H28ClN7O5/c1-4-6-11-25-31-27(30)26(29(38)42-19(3)16-20(5-2)18-41-37(39)40)36(25)17-21-12-14-22(15-13-21)23-9-7-8-10-24(23)28-32-34-35-33-28/h5,7-10,12-16H,2-4,6,11,17-18H2,1H3,(H,32,33,34,35). The molecule has 0 aliphatic carbocycles. The molecule has 0 spiro atoms. The molecule has 0 atom stereocenters. The van der Waals surface area contributed by atoms with E-state index in [1.54, 1.807) is 4.57 Å². The topological polar surface area (TPSA) is 151 Å². The summed E-state index contributed by atoms with van der Waals surface area (Å²) in [7, 11) is 0. The normalized spacial score (nSPS) is 11.2. The Labute approximate surface area is 246 Å². The van der Waals surface area contributed by atoms with Gasteiger partial charge in [0.05, 0.1) is 0 Å². The summed E-state index contributed by atoms with van der Waals surface area (Å²) in [5.74, 6) is 0.312. The monoisotopic (exact) mass is 589 g/mol. The highest BCUT2D eigenvalue weighted by molar-refractivity contribution is 6.32. The van der Waals surface area contributed by atoms with Crippen molar-refractivity contribution in [2.45, 2.75) is 32.7 Å². The van der Waals surface area contributed by atoms with Crippen molar-refractivity contribution < 1.29 is 19.5 Å². The number of rotatable bonds is 14. The van der Waals surface area contributed by atoms with Gasteiger partial charge in [-0.2, -0.15) is 5.21 Å². The molecule has 0 amide bonds. The molecule has 0 saturated carbocycles. The number of hydrogen-bond donors (Lipinski definition) is 1. The molecular formula is C29H28ClN7O5. The summed E-state index contributed by atoms with van der Waals surface area (Å²) in [5, 5.41) is 23.9. The summed E-state index contributed by atoms with van der Waals surface area (Å²) >= 11 is 6.45. The number of carbonyl (C=O) groups excluding carboxylic acids is 1. The predicted molar refractivity (Wildman–Crippen MR) is 156 cm³/mol. The average Bonchev–Trinajstić information content (AvgIpc) is 3.62. The zero-order chi connectivity index (χ0) is 30.1. The van der Waals surface area contributed by atoms with E-state index in [0.717, 1.165) is 35.1 Å². The molecule has 0 saturated heterocycles. The van der Waals surface area contributed by atoms with Crippen molar-refractivity contribution in [2.75, 3.05) is 6.61 Å². The van der Waals surface area contributed by atoms with Crippen molar-refractivity contribution in [3.63, 3.8) is 0 Å². The van der Waals surface area contributed by atoms with Crippen molar-refractivity contribution >= 4 is 17.6 Å². The van der Waals surface area contributed by atoms with Gasteiger partial charge in [-0.25, -0.2) is 9.78 Å². The number of carbonyl (C=O) groups is 1. The third-order valence-corrected chi connectivity index (χ3v) is 6.50. The number of tetrazole rings is 1. The van der Waals surface area contributed by atoms with Gasteiger partial charge in [-0.3, -0.25) is 0 Å². The largest absolute Gasteiger partial charge is 0.422 e. The molecule has 42 heavy (non-hydrogen) atoms. The molecule has 0 aliphatic rings. The summed E-state index contributed by atoms with van der Waals surface area (Å²) in [4.78, 5) is 32.6. The summed E-state index contributed by atoms with van der Waals surface area (Å²) in [6.45, 7) is 9.30. The highest BCUT2D eigenvalue weighted by atomic mass is 35.5. The summed E-state index contributed by atoms with van der Waals surface area (Å²) in [6, 6.07) is 15.6. The first-order chi connectivity index (χ1) is 20.3. The van der Waals surface area contributed by atoms with Crippen molar-refractivity contribution in [1.29, 1.82) is 0 Å². The molecule has 4 rings (SSSR count). The van der Waals surface area contributed by atoms with Crippen LogP contribution in [0.15, 0.2) is 85.2 Å². The number of imidazole rings is 1. The minimum absolute atomic E-state index is 0.00849. The van der Waals surface area contributed by atoms with Gasteiger partial charge in [0.25, 0.3) is 5.09 Å². The van der Waals surface area contributed by atoms with E-state index in [0.29, 0.717) is 30.2 Å². The number of H-pyrrole nitrogens is 1. The number of aromatic amines is 1. The van der Waals surface area contributed by atoms with Gasteiger partial charge in [-0.1, -0.05) is 92.7 Å². The zero-order valence-corrected chi connectivity index (χ0v) is 23.6. The van der Waals surface area contributed by atoms with Crippen LogP contribution in [0.2, 0.25) is 5.15 Å². The first kappa shape index (κ1) is 29.9. The maximum Gasteiger partial charge on any atom is 0.363 e. The lowest BCUT2D eigenvalue weighted by Crippen LogP contribution is -2.15. The van der Waals surface area contributed by atoms with Crippen LogP contribution in [-0.2, 0) is 22.5 Å². The van der Waals surface area contributed by atoms with Gasteiger partial charge in [0, 0.05) is 18.5 Å². The van der Waals surface area contributed by atoms with Crippen LogP contribution in [0.4, 0.5) is 0 Å². The Morgan fingerprint density at radius 1 is 1.19 bits per heavy atom. The predicted octanol–water partition coefficient (Wildman–Crippen LogP) is 5.77. The third-order valence-electron chi connectivity index (χ3n) is 6.24. The highest BCUT2D eigenvalue weighted by Crippen LogP contribution is 2.30. The van der Waals surface area contributed by atoms with Gasteiger partial charge in [0.2, 0.25) is 5.82 Å². The van der Waals surface area contributed by atoms with E-state index in [2.05, 4.69) is 50.5 Å². The Morgan fingerprint density at radius 2 is 1.93 bits per heavy atom. The smallest absolute Gasteiger partial charge is 0.363 e. The molecule has 2 aromatic heterocycles. The first-order valence-electron chi connectivity index (χ1n) is 13.0. The number of allylic oxidation sites excluding steroid dienone is 1. The molecule has 0 aliphatic heterocycles. The van der Waals surface area contributed by atoms with Crippen LogP contribution in [0.1, 0.15) is 41.6 Å². The van der Waals surface area contributed by atoms with Crippen molar-refractivity contribution in [2.24, 2.45) is 0 Å². The second-order valence-electron chi connectivity index (χ2n) is 9.11. The molecule has 216 valence electrons. The number of nitrogens with zero attached hydrogens (tertiary/aromatic N) is 6. The first-order valence-corrected chi connectivity index (χ1v) is 13.4. The quantitative estimate of drug-likeness (QED) is 0.0635. The molecular weight excluding hydrogens is 562 g/mol. The fraction of sp³-hybridized carbons (Fsp3) is 0.207. The molecule has 0 bridgehead atoms. The Morgan fingerprint density at radius 3 is 2.57 bits per heavy atom. The average molecular weight is 590 g/mol. The second-order valence-corrected chi connectivity index (χ2v) is 9.47. The van der Waals surface area contributed by atoms with Crippen LogP contribution < -0.4 is 0 Å². The Hall–Kier alpha value is -5.10. The third kappa shape index (κ3) is 7.34. The van der Waals surface area contributed by atoms with Crippen LogP contribution in [0.25, 0.3) is 22.5 Å². The van der Waals surface area contributed by atoms with Gasteiger partial charge in [-0.15, -0.1) is 20.3 Å². The lowest BCUT2D eigenvalue weighted by atomic mass is 9.98. The molecule has 2 aromatic carbocycles. The molecule has 0 unspecified atom stereocenters.